The van der Waals surface area contributed by atoms with E-state index in [2.05, 4.69) is 0 Å². The average Bonchev–Trinajstić information content (AvgIpc) is 2.39. The van der Waals surface area contributed by atoms with E-state index in [0.29, 0.717) is 0 Å². The van der Waals surface area contributed by atoms with E-state index >= 15 is 0 Å². The van der Waals surface area contributed by atoms with Crippen LogP contribution in [0.25, 0.3) is 0 Å². The lowest BCUT2D eigenvalue weighted by molar-refractivity contribution is -0.146. The summed E-state index contributed by atoms with van der Waals surface area (Å²) in [5, 5.41) is 3.87. The Labute approximate surface area is 74.8 Å². The van der Waals surface area contributed by atoms with E-state index in [0.717, 1.165) is 0 Å². The van der Waals surface area contributed by atoms with E-state index < -0.39 is 0 Å². The Morgan fingerprint density at radius 1 is 1.45 bits per heavy atom. The summed E-state index contributed by atoms with van der Waals surface area (Å²) >= 11 is 3.05. The van der Waals surface area contributed by atoms with Crippen LogP contribution in [0.15, 0.2) is 10.8 Å². The maximum atomic E-state index is 11.0. The fourth-order valence-electron chi connectivity index (χ4n) is 0.511. The van der Waals surface area contributed by atoms with Gasteiger partial charge in [-0.25, -0.2) is 0 Å². The zero-order chi connectivity index (χ0) is 8.27. The van der Waals surface area contributed by atoms with Crippen molar-refractivity contribution in [1.82, 2.24) is 0 Å². The quantitative estimate of drug-likeness (QED) is 0.625. The molecule has 1 aliphatic rings. The van der Waals surface area contributed by atoms with Crippen molar-refractivity contribution in [2.45, 2.75) is 18.6 Å². The summed E-state index contributed by atoms with van der Waals surface area (Å²) in [5.74, 6) is -0.157. The van der Waals surface area contributed by atoms with Gasteiger partial charge in [0.1, 0.15) is 0 Å². The van der Waals surface area contributed by atoms with Crippen molar-refractivity contribution in [2.24, 2.45) is 5.92 Å². The second-order valence-electron chi connectivity index (χ2n) is 2.42. The molecule has 1 heterocycles. The third-order valence-corrected chi connectivity index (χ3v) is 3.18. The molecule has 11 heavy (non-hydrogen) atoms. The summed E-state index contributed by atoms with van der Waals surface area (Å²) in [6.07, 6.45) is 0. The maximum absolute atomic E-state index is 11.0. The third-order valence-electron chi connectivity index (χ3n) is 1.12. The molecule has 62 valence electrons. The second kappa shape index (κ2) is 4.07. The van der Waals surface area contributed by atoms with Crippen LogP contribution in [0.3, 0.4) is 0 Å². The van der Waals surface area contributed by atoms with Crippen molar-refractivity contribution in [3.63, 3.8) is 0 Å². The molecule has 2 nitrogen and oxygen atoms in total. The fourth-order valence-corrected chi connectivity index (χ4v) is 2.22. The summed E-state index contributed by atoms with van der Waals surface area (Å²) < 4.78 is 5.05. The van der Waals surface area contributed by atoms with E-state index in [1.165, 1.54) is 23.5 Å². The molecule has 0 fully saturated rings. The van der Waals surface area contributed by atoms with Gasteiger partial charge in [-0.3, -0.25) is 4.79 Å². The van der Waals surface area contributed by atoms with Gasteiger partial charge in [-0.2, -0.15) is 0 Å². The summed E-state index contributed by atoms with van der Waals surface area (Å²) in [6.45, 7) is 3.67. The highest BCUT2D eigenvalue weighted by Crippen LogP contribution is 2.34. The van der Waals surface area contributed by atoms with Gasteiger partial charge in [0.2, 0.25) is 4.77 Å². The molecule has 1 rings (SSSR count). The minimum absolute atomic E-state index is 0.0307. The summed E-state index contributed by atoms with van der Waals surface area (Å²) in [7, 11) is 0. The number of carbonyl (C=O) groups excluding carboxylic acids is 1. The van der Waals surface area contributed by atoms with Gasteiger partial charge in [0.25, 0.3) is 0 Å². The van der Waals surface area contributed by atoms with Crippen molar-refractivity contribution < 1.29 is 9.53 Å². The molecule has 1 aliphatic heterocycles. The van der Waals surface area contributed by atoms with Crippen molar-refractivity contribution in [3.05, 3.63) is 10.8 Å². The number of thioether (sulfide) groups is 2. The predicted octanol–water partition coefficient (Wildman–Crippen LogP) is 2.42. The van der Waals surface area contributed by atoms with Crippen molar-refractivity contribution in [2.75, 3.05) is 0 Å². The molecule has 0 aliphatic carbocycles. The van der Waals surface area contributed by atoms with E-state index in [1.54, 1.807) is 0 Å². The van der Waals surface area contributed by atoms with Gasteiger partial charge in [-0.15, -0.1) is 0 Å². The van der Waals surface area contributed by atoms with Crippen LogP contribution in [0.4, 0.5) is 0 Å². The van der Waals surface area contributed by atoms with E-state index in [9.17, 15) is 4.79 Å². The lowest BCUT2D eigenvalue weighted by Crippen LogP contribution is -2.15. The number of carbonyl (C=O) groups is 1. The van der Waals surface area contributed by atoms with Gasteiger partial charge in [-0.05, 0) is 10.8 Å². The first-order valence-corrected chi connectivity index (χ1v) is 5.25. The summed E-state index contributed by atoms with van der Waals surface area (Å²) in [4.78, 5) is 11.0. The van der Waals surface area contributed by atoms with Crippen molar-refractivity contribution >= 4 is 29.5 Å². The first-order valence-electron chi connectivity index (χ1n) is 3.36. The normalized spacial score (nSPS) is 17.7. The van der Waals surface area contributed by atoms with Crippen LogP contribution < -0.4 is 0 Å². The zero-order valence-corrected chi connectivity index (χ0v) is 8.08. The molecular weight excluding hydrogens is 180 g/mol. The number of esters is 1. The smallest absolute Gasteiger partial charge is 0.310 e. The van der Waals surface area contributed by atoms with E-state index in [4.69, 9.17) is 4.74 Å². The van der Waals surface area contributed by atoms with E-state index in [1.807, 2.05) is 24.7 Å². The number of rotatable bonds is 2. The van der Waals surface area contributed by atoms with Crippen LogP contribution in [-0.4, -0.2) is 10.7 Å². The Morgan fingerprint density at radius 2 is 2.00 bits per heavy atom. The molecule has 0 spiro atoms. The standard InChI is InChI=1S/C7H10O2S2/c1-5(2)6(8)9-7-10-3-4-11-7/h3-5,7H,1-2H3. The average molecular weight is 190 g/mol. The topological polar surface area (TPSA) is 26.3 Å². The summed E-state index contributed by atoms with van der Waals surface area (Å²) in [6, 6.07) is 0. The highest BCUT2D eigenvalue weighted by molar-refractivity contribution is 8.22. The van der Waals surface area contributed by atoms with Crippen molar-refractivity contribution in [3.8, 4) is 0 Å². The monoisotopic (exact) mass is 190 g/mol. The molecule has 0 aromatic heterocycles. The molecule has 0 aromatic rings. The fraction of sp³-hybridized carbons (Fsp3) is 0.571. The lowest BCUT2D eigenvalue weighted by Gasteiger charge is -2.11. The molecule has 0 amide bonds. The highest BCUT2D eigenvalue weighted by atomic mass is 32.2. The first kappa shape index (κ1) is 9.00. The molecule has 0 atom stereocenters. The first-order chi connectivity index (χ1) is 5.20. The Hall–Kier alpha value is -0.0900. The Morgan fingerprint density at radius 3 is 2.45 bits per heavy atom. The van der Waals surface area contributed by atoms with Crippen molar-refractivity contribution in [1.29, 1.82) is 0 Å². The Balaban J connectivity index is 2.25. The third kappa shape index (κ3) is 2.79. The van der Waals surface area contributed by atoms with Gasteiger partial charge >= 0.3 is 5.97 Å². The van der Waals surface area contributed by atoms with Crippen LogP contribution in [-0.2, 0) is 9.53 Å². The van der Waals surface area contributed by atoms with Gasteiger partial charge in [0, 0.05) is 0 Å². The molecule has 4 heteroatoms. The van der Waals surface area contributed by atoms with Crippen LogP contribution >= 0.6 is 23.5 Å². The SMILES string of the molecule is CC(C)C(=O)OC1SC=CS1. The molecule has 0 radical (unpaired) electrons. The second-order valence-corrected chi connectivity index (χ2v) is 4.67. The number of hydrogen-bond donors (Lipinski definition) is 0. The Bertz CT molecular complexity index is 169. The molecule has 0 saturated heterocycles. The molecule has 0 aromatic carbocycles. The van der Waals surface area contributed by atoms with Gasteiger partial charge in [-0.1, -0.05) is 37.4 Å². The largest absolute Gasteiger partial charge is 0.440 e. The molecule has 0 N–H and O–H groups in total. The van der Waals surface area contributed by atoms with Crippen LogP contribution in [0.1, 0.15) is 13.8 Å². The van der Waals surface area contributed by atoms with Gasteiger partial charge in [0.05, 0.1) is 5.92 Å². The lowest BCUT2D eigenvalue weighted by atomic mass is 10.2. The minimum Gasteiger partial charge on any atom is -0.440 e. The number of hydrogen-bond acceptors (Lipinski definition) is 4. The molecular formula is C7H10O2S2. The molecule has 0 unspecified atom stereocenters. The molecule has 0 bridgehead atoms. The van der Waals surface area contributed by atoms with Crippen LogP contribution in [0.5, 0.6) is 0 Å². The number of ether oxygens (including phenoxy) is 1. The summed E-state index contributed by atoms with van der Waals surface area (Å²) in [5.41, 5.74) is 0. The highest BCUT2D eigenvalue weighted by Gasteiger charge is 2.18. The molecule has 0 saturated carbocycles. The van der Waals surface area contributed by atoms with Crippen LogP contribution in [0.2, 0.25) is 0 Å². The zero-order valence-electron chi connectivity index (χ0n) is 6.44. The van der Waals surface area contributed by atoms with Crippen LogP contribution in [0, 0.1) is 5.92 Å². The van der Waals surface area contributed by atoms with E-state index in [-0.39, 0.29) is 16.7 Å². The van der Waals surface area contributed by atoms with Gasteiger partial charge < -0.3 is 4.74 Å². The maximum Gasteiger partial charge on any atom is 0.310 e. The predicted molar refractivity (Wildman–Crippen MR) is 49.0 cm³/mol. The Kier molecular flexibility index (Phi) is 3.33. The van der Waals surface area contributed by atoms with Gasteiger partial charge in [0.15, 0.2) is 0 Å². The minimum atomic E-state index is -0.126.